The second kappa shape index (κ2) is 9.19. The molecule has 0 atom stereocenters. The maximum absolute atomic E-state index is 12.4. The molecule has 10 heteroatoms. The van der Waals surface area contributed by atoms with Crippen molar-refractivity contribution in [3.8, 4) is 17.0 Å². The Labute approximate surface area is 189 Å². The highest BCUT2D eigenvalue weighted by atomic mass is 35.5. The molecular formula is C22H21ClN6O3. The van der Waals surface area contributed by atoms with Crippen LogP contribution in [0.4, 0.5) is 17.3 Å². The second-order valence-corrected chi connectivity index (χ2v) is 7.62. The first kappa shape index (κ1) is 21.5. The Morgan fingerprint density at radius 2 is 1.94 bits per heavy atom. The number of rotatable bonds is 7. The minimum Gasteiger partial charge on any atom is -0.492 e. The van der Waals surface area contributed by atoms with E-state index in [4.69, 9.17) is 16.3 Å². The zero-order chi connectivity index (χ0) is 22.7. The van der Waals surface area contributed by atoms with Crippen LogP contribution in [0, 0.1) is 5.92 Å². The fourth-order valence-corrected chi connectivity index (χ4v) is 3.24. The molecule has 0 bridgehead atoms. The first-order valence-electron chi connectivity index (χ1n) is 9.95. The van der Waals surface area contributed by atoms with Crippen molar-refractivity contribution in [1.29, 1.82) is 0 Å². The molecule has 0 unspecified atom stereocenters. The number of methoxy groups -OCH3 is 1. The first-order chi connectivity index (χ1) is 15.5. The fourth-order valence-electron chi connectivity index (χ4n) is 3.12. The zero-order valence-electron chi connectivity index (χ0n) is 17.5. The quantitative estimate of drug-likeness (QED) is 0.500. The number of hydrogen-bond acceptors (Lipinski definition) is 7. The summed E-state index contributed by atoms with van der Waals surface area (Å²) in [4.78, 5) is 37.5. The summed E-state index contributed by atoms with van der Waals surface area (Å²) in [5, 5.41) is 9.04. The van der Waals surface area contributed by atoms with Crippen molar-refractivity contribution in [3.05, 3.63) is 53.4 Å². The average molecular weight is 453 g/mol. The molecule has 1 fully saturated rings. The Balaban J connectivity index is 1.71. The number of carbonyl (C=O) groups excluding carboxylic acids is 2. The minimum absolute atomic E-state index is 0.0251. The van der Waals surface area contributed by atoms with E-state index in [9.17, 15) is 9.59 Å². The molecule has 4 rings (SSSR count). The van der Waals surface area contributed by atoms with Crippen molar-refractivity contribution in [2.24, 2.45) is 5.92 Å². The molecule has 3 N–H and O–H groups in total. The van der Waals surface area contributed by atoms with E-state index in [1.165, 1.54) is 20.4 Å². The van der Waals surface area contributed by atoms with Gasteiger partial charge in [0.05, 0.1) is 29.1 Å². The van der Waals surface area contributed by atoms with E-state index in [1.807, 2.05) is 0 Å². The van der Waals surface area contributed by atoms with Crippen molar-refractivity contribution in [1.82, 2.24) is 20.3 Å². The van der Waals surface area contributed by atoms with Crippen LogP contribution >= 0.6 is 11.6 Å². The summed E-state index contributed by atoms with van der Waals surface area (Å²) in [6.07, 6.45) is 6.30. The summed E-state index contributed by atoms with van der Waals surface area (Å²) < 4.78 is 5.61. The summed E-state index contributed by atoms with van der Waals surface area (Å²) >= 11 is 5.95. The minimum atomic E-state index is -0.338. The molecule has 9 nitrogen and oxygen atoms in total. The third-order valence-corrected chi connectivity index (χ3v) is 5.16. The number of anilines is 3. The van der Waals surface area contributed by atoms with Crippen LogP contribution in [0.5, 0.6) is 5.75 Å². The van der Waals surface area contributed by atoms with Crippen molar-refractivity contribution in [3.63, 3.8) is 0 Å². The lowest BCUT2D eigenvalue weighted by Crippen LogP contribution is -2.20. The molecule has 0 saturated heterocycles. The van der Waals surface area contributed by atoms with Gasteiger partial charge >= 0.3 is 0 Å². The number of carbonyl (C=O) groups is 2. The molecule has 1 saturated carbocycles. The van der Waals surface area contributed by atoms with Crippen LogP contribution < -0.4 is 20.7 Å². The molecule has 0 spiro atoms. The van der Waals surface area contributed by atoms with Crippen molar-refractivity contribution < 1.29 is 14.3 Å². The molecule has 1 aliphatic rings. The van der Waals surface area contributed by atoms with Gasteiger partial charge in [-0.25, -0.2) is 9.97 Å². The second-order valence-electron chi connectivity index (χ2n) is 7.18. The topological polar surface area (TPSA) is 118 Å². The SMILES string of the molecule is CNC(=O)c1cnc(NC(=O)C2CC2)cc1Nc1nccc(-c2ccc(Cl)cn2)c1OC. The van der Waals surface area contributed by atoms with Gasteiger partial charge in [-0.1, -0.05) is 11.6 Å². The Hall–Kier alpha value is -3.72. The molecule has 0 radical (unpaired) electrons. The largest absolute Gasteiger partial charge is 0.492 e. The normalized spacial score (nSPS) is 12.7. The van der Waals surface area contributed by atoms with Gasteiger partial charge in [0.1, 0.15) is 5.82 Å². The van der Waals surface area contributed by atoms with Crippen molar-refractivity contribution >= 4 is 40.7 Å². The lowest BCUT2D eigenvalue weighted by Gasteiger charge is -2.16. The maximum atomic E-state index is 12.4. The molecule has 3 aromatic heterocycles. The first-order valence-corrected chi connectivity index (χ1v) is 10.3. The third kappa shape index (κ3) is 4.62. The Morgan fingerprint density at radius 3 is 2.59 bits per heavy atom. The maximum Gasteiger partial charge on any atom is 0.254 e. The predicted molar refractivity (Wildman–Crippen MR) is 121 cm³/mol. The molecule has 3 heterocycles. The van der Waals surface area contributed by atoms with Gasteiger partial charge in [-0.05, 0) is 31.0 Å². The number of pyridine rings is 3. The van der Waals surface area contributed by atoms with Crippen molar-refractivity contribution in [2.45, 2.75) is 12.8 Å². The van der Waals surface area contributed by atoms with E-state index in [0.29, 0.717) is 39.4 Å². The number of aromatic nitrogens is 3. The number of nitrogens with one attached hydrogen (secondary N) is 3. The highest BCUT2D eigenvalue weighted by Gasteiger charge is 2.30. The molecule has 2 amide bonds. The van der Waals surface area contributed by atoms with Crippen LogP contribution in [-0.2, 0) is 4.79 Å². The van der Waals surface area contributed by atoms with Crippen molar-refractivity contribution in [2.75, 3.05) is 24.8 Å². The molecule has 0 aliphatic heterocycles. The van der Waals surface area contributed by atoms with E-state index in [-0.39, 0.29) is 23.3 Å². The van der Waals surface area contributed by atoms with Gasteiger partial charge in [-0.3, -0.25) is 14.6 Å². The summed E-state index contributed by atoms with van der Waals surface area (Å²) in [5.74, 6) is 0.754. The Bertz CT molecular complexity index is 1160. The fraction of sp³-hybridized carbons (Fsp3) is 0.227. The lowest BCUT2D eigenvalue weighted by molar-refractivity contribution is -0.117. The molecule has 164 valence electrons. The molecule has 1 aliphatic carbocycles. The van der Waals surface area contributed by atoms with Gasteiger partial charge in [0.15, 0.2) is 11.6 Å². The van der Waals surface area contributed by atoms with Gasteiger partial charge in [0, 0.05) is 43.2 Å². The number of amides is 2. The molecule has 0 aromatic carbocycles. The number of nitrogens with zero attached hydrogens (tertiary/aromatic N) is 3. The number of ether oxygens (including phenoxy) is 1. The summed E-state index contributed by atoms with van der Waals surface area (Å²) in [5.41, 5.74) is 2.04. The smallest absolute Gasteiger partial charge is 0.254 e. The molecule has 32 heavy (non-hydrogen) atoms. The van der Waals surface area contributed by atoms with Gasteiger partial charge in [-0.15, -0.1) is 0 Å². The highest BCUT2D eigenvalue weighted by molar-refractivity contribution is 6.30. The standard InChI is InChI=1S/C22H21ClN6O3/c1-24-22(31)15-11-27-18(29-21(30)12-3-4-12)9-17(15)28-20-19(32-2)14(7-8-25-20)16-6-5-13(23)10-26-16/h5-12H,3-4H2,1-2H3,(H,24,31)(H2,25,27,28,29,30). The van der Waals surface area contributed by atoms with Crippen LogP contribution in [0.2, 0.25) is 5.02 Å². The number of hydrogen-bond donors (Lipinski definition) is 3. The van der Waals surface area contributed by atoms with Crippen LogP contribution in [0.25, 0.3) is 11.3 Å². The summed E-state index contributed by atoms with van der Waals surface area (Å²) in [7, 11) is 3.05. The Morgan fingerprint density at radius 1 is 1.12 bits per heavy atom. The molecule has 3 aromatic rings. The van der Waals surface area contributed by atoms with E-state index in [1.54, 1.807) is 36.7 Å². The van der Waals surface area contributed by atoms with E-state index in [0.717, 1.165) is 12.8 Å². The Kier molecular flexibility index (Phi) is 6.18. The number of halogens is 1. The predicted octanol–water partition coefficient (Wildman–Crippen LogP) is 3.65. The lowest BCUT2D eigenvalue weighted by atomic mass is 10.1. The summed E-state index contributed by atoms with van der Waals surface area (Å²) in [6, 6.07) is 6.88. The van der Waals surface area contributed by atoms with Gasteiger partial charge in [0.25, 0.3) is 5.91 Å². The van der Waals surface area contributed by atoms with Crippen LogP contribution in [0.15, 0.2) is 42.9 Å². The highest BCUT2D eigenvalue weighted by Crippen LogP contribution is 2.36. The van der Waals surface area contributed by atoms with Gasteiger partial charge in [-0.2, -0.15) is 0 Å². The van der Waals surface area contributed by atoms with Crippen LogP contribution in [0.1, 0.15) is 23.2 Å². The van der Waals surface area contributed by atoms with E-state index in [2.05, 4.69) is 30.9 Å². The average Bonchev–Trinajstić information content (AvgIpc) is 3.65. The van der Waals surface area contributed by atoms with E-state index >= 15 is 0 Å². The summed E-state index contributed by atoms with van der Waals surface area (Å²) in [6.45, 7) is 0. The van der Waals surface area contributed by atoms with Gasteiger partial charge < -0.3 is 20.7 Å². The monoisotopic (exact) mass is 452 g/mol. The third-order valence-electron chi connectivity index (χ3n) is 4.94. The van der Waals surface area contributed by atoms with Gasteiger partial charge in [0.2, 0.25) is 5.91 Å². The molecular weight excluding hydrogens is 432 g/mol. The zero-order valence-corrected chi connectivity index (χ0v) is 18.2. The van der Waals surface area contributed by atoms with Crippen LogP contribution in [0.3, 0.4) is 0 Å². The van der Waals surface area contributed by atoms with Crippen LogP contribution in [-0.4, -0.2) is 40.9 Å². The van der Waals surface area contributed by atoms with E-state index < -0.39 is 0 Å².